The van der Waals surface area contributed by atoms with E-state index in [0.717, 1.165) is 18.4 Å². The van der Waals surface area contributed by atoms with Crippen molar-refractivity contribution in [1.82, 2.24) is 0 Å². The van der Waals surface area contributed by atoms with Gasteiger partial charge >= 0.3 is 0 Å². The first-order valence-electron chi connectivity index (χ1n) is 8.76. The van der Waals surface area contributed by atoms with Gasteiger partial charge in [-0.25, -0.2) is 0 Å². The van der Waals surface area contributed by atoms with Gasteiger partial charge in [-0.05, 0) is 67.3 Å². The van der Waals surface area contributed by atoms with Crippen LogP contribution in [-0.2, 0) is 0 Å². The molecule has 2 N–H and O–H groups in total. The molecule has 0 aromatic carbocycles. The summed E-state index contributed by atoms with van der Waals surface area (Å²) in [4.78, 5) is 0. The number of fused-ring (bicyclic) bond motifs is 1. The van der Waals surface area contributed by atoms with E-state index >= 15 is 0 Å². The fraction of sp³-hybridized carbons (Fsp3) is 0.800. The van der Waals surface area contributed by atoms with Gasteiger partial charge in [-0.3, -0.25) is 0 Å². The van der Waals surface area contributed by atoms with Crippen LogP contribution in [0.3, 0.4) is 0 Å². The Balaban J connectivity index is 2.28. The topological polar surface area (TPSA) is 40.5 Å². The molecular weight excluding hydrogens is 272 g/mol. The summed E-state index contributed by atoms with van der Waals surface area (Å²) in [5, 5.41) is 20.8. The maximum atomic E-state index is 10.5. The average molecular weight is 306 g/mol. The van der Waals surface area contributed by atoms with Crippen LogP contribution in [0.2, 0.25) is 0 Å². The van der Waals surface area contributed by atoms with E-state index in [2.05, 4.69) is 33.9 Å². The largest absolute Gasteiger partial charge is 0.389 e. The van der Waals surface area contributed by atoms with Crippen molar-refractivity contribution in [3.63, 3.8) is 0 Å². The Hall–Kier alpha value is -0.600. The fourth-order valence-corrected chi connectivity index (χ4v) is 5.26. The zero-order valence-corrected chi connectivity index (χ0v) is 14.9. The molecule has 0 saturated heterocycles. The molecule has 0 spiro atoms. The molecule has 2 aliphatic carbocycles. The summed E-state index contributed by atoms with van der Waals surface area (Å²) >= 11 is 0. The Kier molecular flexibility index (Phi) is 4.68. The molecule has 0 radical (unpaired) electrons. The van der Waals surface area contributed by atoms with Gasteiger partial charge in [-0.2, -0.15) is 0 Å². The van der Waals surface area contributed by atoms with Crippen LogP contribution in [0.1, 0.15) is 66.2 Å². The quantitative estimate of drug-likeness (QED) is 0.752. The maximum Gasteiger partial charge on any atom is 0.0797 e. The Morgan fingerprint density at radius 2 is 1.95 bits per heavy atom. The maximum absolute atomic E-state index is 10.5. The van der Waals surface area contributed by atoms with Crippen molar-refractivity contribution in [2.75, 3.05) is 0 Å². The zero-order valence-electron chi connectivity index (χ0n) is 14.9. The number of hydrogen-bond acceptors (Lipinski definition) is 2. The fourth-order valence-electron chi connectivity index (χ4n) is 5.26. The zero-order chi connectivity index (χ0) is 16.8. The van der Waals surface area contributed by atoms with Gasteiger partial charge in [-0.15, -0.1) is 6.58 Å². The van der Waals surface area contributed by atoms with E-state index < -0.39 is 11.7 Å². The molecule has 2 heteroatoms. The van der Waals surface area contributed by atoms with Gasteiger partial charge in [0.25, 0.3) is 0 Å². The molecule has 2 nitrogen and oxygen atoms in total. The summed E-state index contributed by atoms with van der Waals surface area (Å²) in [6, 6.07) is 0. The molecule has 0 aromatic heterocycles. The highest BCUT2D eigenvalue weighted by Gasteiger charge is 2.54. The number of hydrogen-bond donors (Lipinski definition) is 2. The second kappa shape index (κ2) is 5.79. The lowest BCUT2D eigenvalue weighted by atomic mass is 9.46. The van der Waals surface area contributed by atoms with Gasteiger partial charge in [0, 0.05) is 0 Å². The van der Waals surface area contributed by atoms with Gasteiger partial charge in [0.2, 0.25) is 0 Å². The standard InChI is InChI=1S/C20H34O2/c1-7-19(5,22)12-9-15-14(2)16(21)13-17-18(3,4)10-8-11-20(15,17)6/h7,15-17,21-22H,1-2,8-13H2,3-6H3/t15-,16-,17+,19+,20-/m1/s1. The van der Waals surface area contributed by atoms with E-state index in [1.54, 1.807) is 6.08 Å². The normalized spacial score (nSPS) is 40.6. The molecule has 2 rings (SSSR count). The van der Waals surface area contributed by atoms with Crippen LogP contribution in [-0.4, -0.2) is 21.9 Å². The van der Waals surface area contributed by atoms with E-state index in [1.165, 1.54) is 19.3 Å². The van der Waals surface area contributed by atoms with Crippen LogP contribution in [0.15, 0.2) is 24.8 Å². The third kappa shape index (κ3) is 3.05. The first-order valence-corrected chi connectivity index (χ1v) is 8.76. The SMILES string of the molecule is C=C[C@](C)(O)CC[C@@H]1C(=C)[C@H](O)C[C@H]2C(C)(C)CCC[C@]12C. The van der Waals surface area contributed by atoms with Gasteiger partial charge in [0.15, 0.2) is 0 Å². The van der Waals surface area contributed by atoms with Gasteiger partial charge < -0.3 is 10.2 Å². The van der Waals surface area contributed by atoms with Crippen molar-refractivity contribution in [2.45, 2.75) is 77.9 Å². The van der Waals surface area contributed by atoms with Gasteiger partial charge in [0.1, 0.15) is 0 Å². The first-order chi connectivity index (χ1) is 10.0. The predicted octanol–water partition coefficient (Wildman–Crippen LogP) is 4.47. The Morgan fingerprint density at radius 1 is 1.32 bits per heavy atom. The van der Waals surface area contributed by atoms with Crippen LogP contribution >= 0.6 is 0 Å². The van der Waals surface area contributed by atoms with Crippen LogP contribution in [0.25, 0.3) is 0 Å². The molecular formula is C20H34O2. The molecule has 0 aliphatic heterocycles. The third-order valence-electron chi connectivity index (χ3n) is 6.79. The molecule has 2 saturated carbocycles. The van der Waals surface area contributed by atoms with Crippen molar-refractivity contribution in [3.05, 3.63) is 24.8 Å². The minimum absolute atomic E-state index is 0.190. The number of aliphatic hydroxyl groups is 2. The van der Waals surface area contributed by atoms with Gasteiger partial charge in [0.05, 0.1) is 11.7 Å². The van der Waals surface area contributed by atoms with E-state index in [9.17, 15) is 10.2 Å². The molecule has 22 heavy (non-hydrogen) atoms. The van der Waals surface area contributed by atoms with Gasteiger partial charge in [-0.1, -0.05) is 39.8 Å². The third-order valence-corrected chi connectivity index (χ3v) is 6.79. The molecule has 126 valence electrons. The van der Waals surface area contributed by atoms with Crippen molar-refractivity contribution in [1.29, 1.82) is 0 Å². The van der Waals surface area contributed by atoms with Crippen molar-refractivity contribution in [3.8, 4) is 0 Å². The summed E-state index contributed by atoms with van der Waals surface area (Å²) in [5.74, 6) is 0.806. The lowest BCUT2D eigenvalue weighted by Crippen LogP contribution is -2.53. The highest BCUT2D eigenvalue weighted by Crippen LogP contribution is 2.61. The lowest BCUT2D eigenvalue weighted by molar-refractivity contribution is -0.0868. The first kappa shape index (κ1) is 17.7. The molecule has 0 unspecified atom stereocenters. The molecule has 0 heterocycles. The van der Waals surface area contributed by atoms with Crippen LogP contribution in [0.5, 0.6) is 0 Å². The Labute approximate surface area is 136 Å². The summed E-state index contributed by atoms with van der Waals surface area (Å²) in [7, 11) is 0. The van der Waals surface area contributed by atoms with E-state index in [0.29, 0.717) is 12.3 Å². The average Bonchev–Trinajstić information content (AvgIpc) is 2.41. The monoisotopic (exact) mass is 306 g/mol. The number of aliphatic hydroxyl groups excluding tert-OH is 1. The van der Waals surface area contributed by atoms with Crippen LogP contribution in [0.4, 0.5) is 0 Å². The van der Waals surface area contributed by atoms with E-state index in [1.807, 2.05) is 6.92 Å². The predicted molar refractivity (Wildman–Crippen MR) is 92.5 cm³/mol. The Morgan fingerprint density at radius 3 is 2.55 bits per heavy atom. The molecule has 0 aromatic rings. The molecule has 0 bridgehead atoms. The van der Waals surface area contributed by atoms with Crippen molar-refractivity contribution >= 4 is 0 Å². The van der Waals surface area contributed by atoms with Crippen LogP contribution < -0.4 is 0 Å². The molecule has 0 amide bonds. The minimum atomic E-state index is -0.835. The second-order valence-corrected chi connectivity index (χ2v) is 8.88. The van der Waals surface area contributed by atoms with E-state index in [-0.39, 0.29) is 16.7 Å². The smallest absolute Gasteiger partial charge is 0.0797 e. The molecule has 2 fully saturated rings. The summed E-state index contributed by atoms with van der Waals surface area (Å²) in [5.41, 5.74) is 0.610. The molecule has 5 atom stereocenters. The lowest BCUT2D eigenvalue weighted by Gasteiger charge is -2.59. The summed E-state index contributed by atoms with van der Waals surface area (Å²) in [6.45, 7) is 16.9. The summed E-state index contributed by atoms with van der Waals surface area (Å²) in [6.07, 6.45) is 7.31. The van der Waals surface area contributed by atoms with Crippen molar-refractivity contribution < 1.29 is 10.2 Å². The highest BCUT2D eigenvalue weighted by atomic mass is 16.3. The van der Waals surface area contributed by atoms with Crippen molar-refractivity contribution in [2.24, 2.45) is 22.7 Å². The van der Waals surface area contributed by atoms with Crippen LogP contribution in [0, 0.1) is 22.7 Å². The highest BCUT2D eigenvalue weighted by molar-refractivity contribution is 5.20. The number of rotatable bonds is 4. The minimum Gasteiger partial charge on any atom is -0.389 e. The van der Waals surface area contributed by atoms with E-state index in [4.69, 9.17) is 0 Å². The molecule has 2 aliphatic rings. The summed E-state index contributed by atoms with van der Waals surface area (Å²) < 4.78 is 0. The Bertz CT molecular complexity index is 449. The second-order valence-electron chi connectivity index (χ2n) is 8.88.